The van der Waals surface area contributed by atoms with Crippen LogP contribution in [0.2, 0.25) is 0 Å². The Morgan fingerprint density at radius 2 is 1.65 bits per heavy atom. The fraction of sp³-hybridized carbons (Fsp3) is 0.160. The normalized spacial score (nSPS) is 11.3. The lowest BCUT2D eigenvalue weighted by atomic mass is 9.98. The van der Waals surface area contributed by atoms with Crippen molar-refractivity contribution in [2.75, 3.05) is 19.5 Å². The highest BCUT2D eigenvalue weighted by Gasteiger charge is 2.07. The molecule has 0 saturated heterocycles. The van der Waals surface area contributed by atoms with Crippen molar-refractivity contribution in [1.82, 2.24) is 0 Å². The molecule has 0 atom stereocenters. The third-order valence-corrected chi connectivity index (χ3v) is 6.05. The van der Waals surface area contributed by atoms with Gasteiger partial charge in [0.05, 0.1) is 0 Å². The molecular formula is C25H23IO4S. The highest BCUT2D eigenvalue weighted by molar-refractivity contribution is 14.1. The van der Waals surface area contributed by atoms with Gasteiger partial charge in [-0.05, 0) is 107 Å². The number of thioether (sulfide) groups is 1. The van der Waals surface area contributed by atoms with Crippen LogP contribution in [0.4, 0.5) is 0 Å². The molecule has 0 unspecified atom stereocenters. The first-order valence-corrected chi connectivity index (χ1v) is 11.9. The van der Waals surface area contributed by atoms with Crippen molar-refractivity contribution in [3.05, 3.63) is 93.1 Å². The Balaban J connectivity index is 1.78. The summed E-state index contributed by atoms with van der Waals surface area (Å²) in [6, 6.07) is 22.3. The summed E-state index contributed by atoms with van der Waals surface area (Å²) in [7, 11) is 0. The fourth-order valence-electron chi connectivity index (χ4n) is 3.04. The number of ether oxygens (including phenoxy) is 2. The van der Waals surface area contributed by atoms with Crippen LogP contribution < -0.4 is 9.47 Å². The van der Waals surface area contributed by atoms with E-state index in [9.17, 15) is 4.79 Å². The van der Waals surface area contributed by atoms with Gasteiger partial charge in [-0.15, -0.1) is 11.8 Å². The zero-order chi connectivity index (χ0) is 22.2. The summed E-state index contributed by atoms with van der Waals surface area (Å²) < 4.78 is 12.4. The van der Waals surface area contributed by atoms with E-state index < -0.39 is 5.97 Å². The van der Waals surface area contributed by atoms with E-state index in [2.05, 4.69) is 83.5 Å². The molecule has 3 aromatic carbocycles. The summed E-state index contributed by atoms with van der Waals surface area (Å²) in [4.78, 5) is 11.9. The number of carbonyl (C=O) groups is 1. The monoisotopic (exact) mass is 546 g/mol. The average molecular weight is 546 g/mol. The van der Waals surface area contributed by atoms with Crippen molar-refractivity contribution < 1.29 is 19.4 Å². The Labute approximate surface area is 200 Å². The molecule has 0 saturated carbocycles. The Kier molecular flexibility index (Phi) is 8.43. The smallest absolute Gasteiger partial charge is 0.341 e. The third kappa shape index (κ3) is 6.77. The number of carboxylic acids is 1. The average Bonchev–Trinajstić information content (AvgIpc) is 2.77. The van der Waals surface area contributed by atoms with E-state index in [1.807, 2.05) is 13.0 Å². The Morgan fingerprint density at radius 3 is 2.23 bits per heavy atom. The molecule has 0 heterocycles. The van der Waals surface area contributed by atoms with Crippen molar-refractivity contribution in [3.63, 3.8) is 0 Å². The van der Waals surface area contributed by atoms with Gasteiger partial charge in [0.2, 0.25) is 0 Å². The van der Waals surface area contributed by atoms with E-state index >= 15 is 0 Å². The van der Waals surface area contributed by atoms with Crippen LogP contribution >= 0.6 is 34.4 Å². The van der Waals surface area contributed by atoms with Gasteiger partial charge in [0.1, 0.15) is 18.1 Å². The van der Waals surface area contributed by atoms with Crippen LogP contribution in [0.3, 0.4) is 0 Å². The van der Waals surface area contributed by atoms with Gasteiger partial charge in [-0.2, -0.15) is 0 Å². The van der Waals surface area contributed by atoms with Gasteiger partial charge in [0.15, 0.2) is 6.61 Å². The number of aliphatic carboxylic acids is 1. The van der Waals surface area contributed by atoms with Gasteiger partial charge in [0, 0.05) is 8.47 Å². The minimum atomic E-state index is -1.00. The number of halogens is 1. The molecule has 0 radical (unpaired) electrons. The van der Waals surface area contributed by atoms with E-state index in [4.69, 9.17) is 14.6 Å². The van der Waals surface area contributed by atoms with E-state index in [1.165, 1.54) is 8.47 Å². The van der Waals surface area contributed by atoms with E-state index in [-0.39, 0.29) is 6.61 Å². The van der Waals surface area contributed by atoms with Crippen molar-refractivity contribution in [1.29, 1.82) is 0 Å². The van der Waals surface area contributed by atoms with Crippen LogP contribution in [-0.2, 0) is 4.79 Å². The van der Waals surface area contributed by atoms with Crippen molar-refractivity contribution >= 4 is 45.9 Å². The van der Waals surface area contributed by atoms with E-state index in [0.717, 1.165) is 22.3 Å². The van der Waals surface area contributed by atoms with E-state index in [0.29, 0.717) is 18.1 Å². The Bertz CT molecular complexity index is 1060. The zero-order valence-corrected chi connectivity index (χ0v) is 20.3. The molecule has 3 aromatic rings. The Morgan fingerprint density at radius 1 is 1.00 bits per heavy atom. The van der Waals surface area contributed by atoms with Gasteiger partial charge in [0.25, 0.3) is 0 Å². The maximum absolute atomic E-state index is 10.7. The molecule has 3 rings (SSSR count). The molecule has 0 bridgehead atoms. The standard InChI is InChI=1S/C25H23IO4S/c1-17-15-21(9-12-24(17)30-16-25(27)28)29-14-13-23(18-3-7-20(26)8-4-18)19-5-10-22(31-2)11-6-19/h3-13,15H,14,16H2,1-2H3,(H,27,28)/b23-13+. The summed E-state index contributed by atoms with van der Waals surface area (Å²) in [6.45, 7) is 1.91. The van der Waals surface area contributed by atoms with Gasteiger partial charge in [-0.1, -0.05) is 24.3 Å². The molecule has 1 N–H and O–H groups in total. The quantitative estimate of drug-likeness (QED) is 0.252. The maximum Gasteiger partial charge on any atom is 0.341 e. The molecule has 0 spiro atoms. The first-order valence-electron chi connectivity index (χ1n) is 9.65. The molecule has 0 aliphatic heterocycles. The molecule has 31 heavy (non-hydrogen) atoms. The van der Waals surface area contributed by atoms with Crippen LogP contribution in [0.25, 0.3) is 5.57 Å². The number of aryl methyl sites for hydroxylation is 1. The van der Waals surface area contributed by atoms with Gasteiger partial charge in [-0.25, -0.2) is 4.79 Å². The summed E-state index contributed by atoms with van der Waals surface area (Å²) in [5.74, 6) is 0.244. The van der Waals surface area contributed by atoms with E-state index in [1.54, 1.807) is 23.9 Å². The first-order chi connectivity index (χ1) is 15.0. The molecule has 0 aliphatic rings. The molecule has 0 aromatic heterocycles. The summed E-state index contributed by atoms with van der Waals surface area (Å²) in [5.41, 5.74) is 4.21. The molecule has 0 aliphatic carbocycles. The van der Waals surface area contributed by atoms with Crippen molar-refractivity contribution in [3.8, 4) is 11.5 Å². The molecule has 0 fully saturated rings. The fourth-order valence-corrected chi connectivity index (χ4v) is 3.80. The first kappa shape index (κ1) is 23.2. The predicted molar refractivity (Wildman–Crippen MR) is 134 cm³/mol. The molecule has 6 heteroatoms. The molecule has 0 amide bonds. The second kappa shape index (κ2) is 11.2. The van der Waals surface area contributed by atoms with Gasteiger partial charge >= 0.3 is 5.97 Å². The number of rotatable bonds is 9. The van der Waals surface area contributed by atoms with Crippen LogP contribution in [0.5, 0.6) is 11.5 Å². The maximum atomic E-state index is 10.7. The van der Waals surface area contributed by atoms with Gasteiger partial charge < -0.3 is 14.6 Å². The van der Waals surface area contributed by atoms with Crippen LogP contribution in [0, 0.1) is 10.5 Å². The van der Waals surface area contributed by atoms with Crippen molar-refractivity contribution in [2.24, 2.45) is 0 Å². The lowest BCUT2D eigenvalue weighted by molar-refractivity contribution is -0.139. The second-order valence-corrected chi connectivity index (χ2v) is 8.90. The highest BCUT2D eigenvalue weighted by Crippen LogP contribution is 2.27. The minimum Gasteiger partial charge on any atom is -0.489 e. The molecule has 160 valence electrons. The molecular weight excluding hydrogens is 523 g/mol. The number of carboxylic acid groups (broad SMARTS) is 1. The summed E-state index contributed by atoms with van der Waals surface area (Å²) >= 11 is 4.03. The predicted octanol–water partition coefficient (Wildman–Crippen LogP) is 6.30. The minimum absolute atomic E-state index is 0.363. The van der Waals surface area contributed by atoms with Crippen LogP contribution in [0.15, 0.2) is 77.7 Å². The van der Waals surface area contributed by atoms with Gasteiger partial charge in [-0.3, -0.25) is 0 Å². The van der Waals surface area contributed by atoms with Crippen LogP contribution in [-0.4, -0.2) is 30.5 Å². The largest absolute Gasteiger partial charge is 0.489 e. The molecule has 4 nitrogen and oxygen atoms in total. The highest BCUT2D eigenvalue weighted by atomic mass is 127. The SMILES string of the molecule is CSc1ccc(/C(=C/COc2ccc(OCC(=O)O)c(C)c2)c2ccc(I)cc2)cc1. The number of hydrogen-bond acceptors (Lipinski definition) is 4. The zero-order valence-electron chi connectivity index (χ0n) is 17.3. The second-order valence-electron chi connectivity index (χ2n) is 6.77. The third-order valence-electron chi connectivity index (χ3n) is 4.59. The number of benzene rings is 3. The van der Waals surface area contributed by atoms with Crippen molar-refractivity contribution in [2.45, 2.75) is 11.8 Å². The summed E-state index contributed by atoms with van der Waals surface area (Å²) in [6.07, 6.45) is 4.15. The van der Waals surface area contributed by atoms with Crippen LogP contribution in [0.1, 0.15) is 16.7 Å². The summed E-state index contributed by atoms with van der Waals surface area (Å²) in [5, 5.41) is 8.76. The number of hydrogen-bond donors (Lipinski definition) is 1. The Hall–Kier alpha value is -2.45. The topological polar surface area (TPSA) is 55.8 Å². The lowest BCUT2D eigenvalue weighted by Crippen LogP contribution is -2.10. The lowest BCUT2D eigenvalue weighted by Gasteiger charge is -2.12.